The van der Waals surface area contributed by atoms with Crippen LogP contribution < -0.4 is 11.1 Å². The molecule has 0 radical (unpaired) electrons. The third-order valence-electron chi connectivity index (χ3n) is 5.38. The summed E-state index contributed by atoms with van der Waals surface area (Å²) in [5.74, 6) is 0.549. The molecule has 1 aromatic heterocycles. The molecule has 0 atom stereocenters. The maximum Gasteiger partial charge on any atom is 0.124 e. The standard InChI is InChI=1S/C23H28N4O/c1-27-12-10-21(11-13-27)28-16-18-4-2-17(3-5-18)15-25-20-7-8-22-19(14-20)6-9-23(24)26-22/h2-9,14,21,25H,10-13,15-16H2,1H3,(H2,24,26). The molecule has 0 unspecified atom stereocenters. The van der Waals surface area contributed by atoms with Crippen LogP contribution >= 0.6 is 0 Å². The predicted molar refractivity (Wildman–Crippen MR) is 115 cm³/mol. The van der Waals surface area contributed by atoms with Gasteiger partial charge in [0.25, 0.3) is 0 Å². The van der Waals surface area contributed by atoms with Crippen LogP contribution in [0, 0.1) is 0 Å². The molecule has 1 fully saturated rings. The Balaban J connectivity index is 1.29. The van der Waals surface area contributed by atoms with E-state index in [4.69, 9.17) is 10.5 Å². The highest BCUT2D eigenvalue weighted by Gasteiger charge is 2.16. The van der Waals surface area contributed by atoms with E-state index in [1.807, 2.05) is 24.3 Å². The number of ether oxygens (including phenoxy) is 1. The number of rotatable bonds is 6. The van der Waals surface area contributed by atoms with Crippen LogP contribution in [-0.2, 0) is 17.9 Å². The smallest absolute Gasteiger partial charge is 0.124 e. The zero-order chi connectivity index (χ0) is 19.3. The summed E-state index contributed by atoms with van der Waals surface area (Å²) in [7, 11) is 2.17. The van der Waals surface area contributed by atoms with Gasteiger partial charge in [0.15, 0.2) is 0 Å². The number of anilines is 2. The molecule has 5 nitrogen and oxygen atoms in total. The Morgan fingerprint density at radius 3 is 2.57 bits per heavy atom. The molecule has 2 heterocycles. The number of piperidine rings is 1. The molecular formula is C23H28N4O. The van der Waals surface area contributed by atoms with Crippen LogP contribution in [0.2, 0.25) is 0 Å². The lowest BCUT2D eigenvalue weighted by atomic mass is 10.1. The Morgan fingerprint density at radius 2 is 1.79 bits per heavy atom. The van der Waals surface area contributed by atoms with Gasteiger partial charge in [0, 0.05) is 30.7 Å². The van der Waals surface area contributed by atoms with Crippen LogP contribution in [0.3, 0.4) is 0 Å². The molecule has 0 bridgehead atoms. The van der Waals surface area contributed by atoms with Crippen LogP contribution in [0.1, 0.15) is 24.0 Å². The molecule has 5 heteroatoms. The Labute approximate surface area is 166 Å². The van der Waals surface area contributed by atoms with E-state index in [2.05, 4.69) is 52.6 Å². The number of nitrogens with one attached hydrogen (secondary N) is 1. The number of pyridine rings is 1. The lowest BCUT2D eigenvalue weighted by Crippen LogP contribution is -2.34. The summed E-state index contributed by atoms with van der Waals surface area (Å²) in [6.07, 6.45) is 2.66. The van der Waals surface area contributed by atoms with Crippen molar-refractivity contribution in [2.75, 3.05) is 31.2 Å². The van der Waals surface area contributed by atoms with Crippen molar-refractivity contribution in [1.29, 1.82) is 0 Å². The van der Waals surface area contributed by atoms with E-state index in [-0.39, 0.29) is 0 Å². The molecule has 0 saturated carbocycles. The van der Waals surface area contributed by atoms with Crippen molar-refractivity contribution in [1.82, 2.24) is 9.88 Å². The molecule has 3 N–H and O–H groups in total. The second-order valence-corrected chi connectivity index (χ2v) is 7.63. The van der Waals surface area contributed by atoms with E-state index in [0.29, 0.717) is 18.5 Å². The monoisotopic (exact) mass is 376 g/mol. The summed E-state index contributed by atoms with van der Waals surface area (Å²) in [6, 6.07) is 18.6. The average molecular weight is 377 g/mol. The van der Waals surface area contributed by atoms with Crippen LogP contribution in [0.15, 0.2) is 54.6 Å². The lowest BCUT2D eigenvalue weighted by Gasteiger charge is -2.28. The van der Waals surface area contributed by atoms with E-state index >= 15 is 0 Å². The molecule has 4 rings (SSSR count). The van der Waals surface area contributed by atoms with Gasteiger partial charge < -0.3 is 20.7 Å². The number of hydrogen-bond acceptors (Lipinski definition) is 5. The fourth-order valence-electron chi connectivity index (χ4n) is 3.57. The Hall–Kier alpha value is -2.63. The fraction of sp³-hybridized carbons (Fsp3) is 0.348. The van der Waals surface area contributed by atoms with Gasteiger partial charge in [-0.25, -0.2) is 4.98 Å². The molecule has 0 amide bonds. The number of nitrogens with zero attached hydrogens (tertiary/aromatic N) is 2. The molecular weight excluding hydrogens is 348 g/mol. The van der Waals surface area contributed by atoms with Gasteiger partial charge in [-0.2, -0.15) is 0 Å². The van der Waals surface area contributed by atoms with Gasteiger partial charge in [0.2, 0.25) is 0 Å². The quantitative estimate of drug-likeness (QED) is 0.680. The van der Waals surface area contributed by atoms with Crippen LogP contribution in [0.4, 0.5) is 11.5 Å². The van der Waals surface area contributed by atoms with Crippen molar-refractivity contribution in [2.24, 2.45) is 0 Å². The summed E-state index contributed by atoms with van der Waals surface area (Å²) in [6.45, 7) is 3.74. The molecule has 1 aliphatic heterocycles. The third kappa shape index (κ3) is 4.80. The van der Waals surface area contributed by atoms with Crippen LogP contribution in [0.25, 0.3) is 10.9 Å². The summed E-state index contributed by atoms with van der Waals surface area (Å²) >= 11 is 0. The van der Waals surface area contributed by atoms with Crippen molar-refractivity contribution in [3.63, 3.8) is 0 Å². The third-order valence-corrected chi connectivity index (χ3v) is 5.38. The van der Waals surface area contributed by atoms with Gasteiger partial charge in [-0.15, -0.1) is 0 Å². The maximum absolute atomic E-state index is 6.08. The molecule has 0 aliphatic carbocycles. The fourth-order valence-corrected chi connectivity index (χ4v) is 3.57. The minimum Gasteiger partial charge on any atom is -0.384 e. The van der Waals surface area contributed by atoms with E-state index in [1.54, 1.807) is 0 Å². The molecule has 3 aromatic rings. The predicted octanol–water partition coefficient (Wildman–Crippen LogP) is 4.04. The number of benzene rings is 2. The number of nitrogen functional groups attached to an aromatic ring is 1. The van der Waals surface area contributed by atoms with Gasteiger partial charge >= 0.3 is 0 Å². The number of likely N-dealkylation sites (tertiary alicyclic amines) is 1. The Morgan fingerprint density at radius 1 is 1.04 bits per heavy atom. The van der Waals surface area contributed by atoms with Gasteiger partial charge in [0.05, 0.1) is 18.2 Å². The van der Waals surface area contributed by atoms with Crippen molar-refractivity contribution in [2.45, 2.75) is 32.1 Å². The normalized spacial score (nSPS) is 15.8. The summed E-state index contributed by atoms with van der Waals surface area (Å²) in [5, 5.41) is 4.56. The van der Waals surface area contributed by atoms with E-state index in [1.165, 1.54) is 11.1 Å². The first-order valence-electron chi connectivity index (χ1n) is 9.94. The molecule has 0 spiro atoms. The molecule has 1 saturated heterocycles. The highest BCUT2D eigenvalue weighted by molar-refractivity contribution is 5.83. The van der Waals surface area contributed by atoms with Crippen molar-refractivity contribution < 1.29 is 4.74 Å². The van der Waals surface area contributed by atoms with E-state index in [0.717, 1.165) is 49.1 Å². The highest BCUT2D eigenvalue weighted by atomic mass is 16.5. The highest BCUT2D eigenvalue weighted by Crippen LogP contribution is 2.20. The summed E-state index contributed by atoms with van der Waals surface area (Å²) < 4.78 is 6.08. The molecule has 1 aliphatic rings. The molecule has 2 aromatic carbocycles. The minimum atomic E-state index is 0.398. The first-order chi connectivity index (χ1) is 13.7. The summed E-state index contributed by atoms with van der Waals surface area (Å²) in [5.41, 5.74) is 10.2. The first-order valence-corrected chi connectivity index (χ1v) is 9.94. The van der Waals surface area contributed by atoms with Gasteiger partial charge in [-0.1, -0.05) is 24.3 Å². The first kappa shape index (κ1) is 18.7. The van der Waals surface area contributed by atoms with Gasteiger partial charge in [0.1, 0.15) is 5.82 Å². The number of hydrogen-bond donors (Lipinski definition) is 2. The Bertz CT molecular complexity index is 918. The molecule has 146 valence electrons. The topological polar surface area (TPSA) is 63.4 Å². The SMILES string of the molecule is CN1CCC(OCc2ccc(CNc3ccc4nc(N)ccc4c3)cc2)CC1. The zero-order valence-electron chi connectivity index (χ0n) is 16.4. The molecule has 28 heavy (non-hydrogen) atoms. The lowest BCUT2D eigenvalue weighted by molar-refractivity contribution is 0.00213. The number of fused-ring (bicyclic) bond motifs is 1. The minimum absolute atomic E-state index is 0.398. The number of nitrogens with two attached hydrogens (primary N) is 1. The largest absolute Gasteiger partial charge is 0.384 e. The Kier molecular flexibility index (Phi) is 5.74. The van der Waals surface area contributed by atoms with Gasteiger partial charge in [-0.05, 0) is 61.3 Å². The van der Waals surface area contributed by atoms with E-state index < -0.39 is 0 Å². The average Bonchev–Trinajstić information content (AvgIpc) is 2.72. The van der Waals surface area contributed by atoms with Crippen LogP contribution in [0.5, 0.6) is 0 Å². The number of aromatic nitrogens is 1. The second kappa shape index (κ2) is 8.59. The van der Waals surface area contributed by atoms with Crippen molar-refractivity contribution >= 4 is 22.4 Å². The maximum atomic E-state index is 6.08. The second-order valence-electron chi connectivity index (χ2n) is 7.63. The van der Waals surface area contributed by atoms with Gasteiger partial charge in [-0.3, -0.25) is 0 Å². The van der Waals surface area contributed by atoms with E-state index in [9.17, 15) is 0 Å². The zero-order valence-corrected chi connectivity index (χ0v) is 16.4. The van der Waals surface area contributed by atoms with Crippen molar-refractivity contribution in [3.8, 4) is 0 Å². The summed E-state index contributed by atoms with van der Waals surface area (Å²) in [4.78, 5) is 6.70. The van der Waals surface area contributed by atoms with Crippen LogP contribution in [-0.4, -0.2) is 36.1 Å². The van der Waals surface area contributed by atoms with Crippen molar-refractivity contribution in [3.05, 3.63) is 65.7 Å².